The van der Waals surface area contributed by atoms with Gasteiger partial charge in [0.05, 0.1) is 19.9 Å². The van der Waals surface area contributed by atoms with Gasteiger partial charge in [0.15, 0.2) is 3.95 Å². The lowest BCUT2D eigenvalue weighted by Gasteiger charge is -2.23. The van der Waals surface area contributed by atoms with Crippen LogP contribution in [-0.2, 0) is 11.3 Å². The lowest BCUT2D eigenvalue weighted by molar-refractivity contribution is -0.119. The molecule has 0 radical (unpaired) electrons. The molecule has 0 unspecified atom stereocenters. The number of rotatable bonds is 8. The summed E-state index contributed by atoms with van der Waals surface area (Å²) < 4.78 is 11.3. The predicted molar refractivity (Wildman–Crippen MR) is 112 cm³/mol. The van der Waals surface area contributed by atoms with E-state index in [1.54, 1.807) is 37.3 Å². The van der Waals surface area contributed by atoms with E-state index in [4.69, 9.17) is 21.7 Å². The van der Waals surface area contributed by atoms with Crippen molar-refractivity contribution in [1.82, 2.24) is 15.5 Å². The van der Waals surface area contributed by atoms with E-state index < -0.39 is 0 Å². The van der Waals surface area contributed by atoms with Crippen molar-refractivity contribution in [3.05, 3.63) is 58.0 Å². The van der Waals surface area contributed by atoms with E-state index in [1.807, 2.05) is 30.3 Å². The van der Waals surface area contributed by atoms with Crippen LogP contribution in [0.1, 0.15) is 5.56 Å². The molecule has 0 aliphatic carbocycles. The molecule has 0 bridgehead atoms. The van der Waals surface area contributed by atoms with Crippen LogP contribution in [0, 0.1) is 3.95 Å². The van der Waals surface area contributed by atoms with E-state index in [9.17, 15) is 4.79 Å². The zero-order valence-corrected chi connectivity index (χ0v) is 17.1. The molecule has 0 saturated carbocycles. The Morgan fingerprint density at radius 1 is 1.21 bits per heavy atom. The summed E-state index contributed by atoms with van der Waals surface area (Å²) in [4.78, 5) is 14.4. The second-order valence-corrected chi connectivity index (χ2v) is 7.43. The maximum Gasteiger partial charge on any atom is 0.240 e. The molecule has 1 aromatic heterocycles. The van der Waals surface area contributed by atoms with Crippen LogP contribution in [0.15, 0.2) is 48.5 Å². The van der Waals surface area contributed by atoms with Gasteiger partial charge in [0.25, 0.3) is 0 Å². The number of nitrogens with one attached hydrogen (secondary N) is 2. The zero-order chi connectivity index (χ0) is 19.9. The van der Waals surface area contributed by atoms with Crippen molar-refractivity contribution >= 4 is 40.3 Å². The molecule has 0 aliphatic heterocycles. The molecule has 28 heavy (non-hydrogen) atoms. The molecule has 0 saturated heterocycles. The second-order valence-electron chi connectivity index (χ2n) is 5.78. The third kappa shape index (κ3) is 4.87. The topological polar surface area (TPSA) is 79.5 Å². The molecule has 0 fully saturated rings. The SMILES string of the molecule is COc1ccc(OC)c(N(CC(=O)NCc2ccccc2)c2n[nH]c(=S)s2)c1. The summed E-state index contributed by atoms with van der Waals surface area (Å²) in [5, 5.41) is 10.5. The number of benzene rings is 2. The number of nitrogens with zero attached hydrogens (tertiary/aromatic N) is 2. The van der Waals surface area contributed by atoms with E-state index in [2.05, 4.69) is 15.5 Å². The standard InChI is InChI=1S/C19H20N4O3S2/c1-25-14-8-9-16(26-2)15(10-14)23(18-21-22-19(27)28-18)12-17(24)20-11-13-6-4-3-5-7-13/h3-10H,11-12H2,1-2H3,(H,20,24)(H,22,27). The van der Waals surface area contributed by atoms with Gasteiger partial charge in [0.2, 0.25) is 11.0 Å². The number of anilines is 2. The third-order valence-corrected chi connectivity index (χ3v) is 5.08. The number of amides is 1. The Balaban J connectivity index is 1.86. The molecule has 0 atom stereocenters. The summed E-state index contributed by atoms with van der Waals surface area (Å²) in [5.41, 5.74) is 1.69. The number of carbonyl (C=O) groups is 1. The van der Waals surface area contributed by atoms with Gasteiger partial charge < -0.3 is 19.7 Å². The van der Waals surface area contributed by atoms with Gasteiger partial charge in [-0.2, -0.15) is 0 Å². The Morgan fingerprint density at radius 2 is 2.00 bits per heavy atom. The maximum absolute atomic E-state index is 12.7. The summed E-state index contributed by atoms with van der Waals surface area (Å²) in [7, 11) is 3.16. The van der Waals surface area contributed by atoms with Crippen molar-refractivity contribution in [3.8, 4) is 11.5 Å². The fraction of sp³-hybridized carbons (Fsp3) is 0.211. The number of aromatic nitrogens is 2. The van der Waals surface area contributed by atoms with Crippen LogP contribution in [0.25, 0.3) is 0 Å². The Kier molecular flexibility index (Phi) is 6.62. The first-order chi connectivity index (χ1) is 13.6. The molecule has 2 N–H and O–H groups in total. The highest BCUT2D eigenvalue weighted by Gasteiger charge is 2.21. The molecule has 3 rings (SSSR count). The third-order valence-electron chi connectivity index (χ3n) is 3.97. The van der Waals surface area contributed by atoms with Crippen LogP contribution in [0.4, 0.5) is 10.8 Å². The van der Waals surface area contributed by atoms with Gasteiger partial charge in [-0.1, -0.05) is 41.7 Å². The fourth-order valence-corrected chi connectivity index (χ4v) is 3.49. The smallest absolute Gasteiger partial charge is 0.240 e. The van der Waals surface area contributed by atoms with Crippen molar-refractivity contribution in [3.63, 3.8) is 0 Å². The van der Waals surface area contributed by atoms with Crippen molar-refractivity contribution < 1.29 is 14.3 Å². The van der Waals surface area contributed by atoms with Crippen molar-refractivity contribution in [1.29, 1.82) is 0 Å². The molecule has 2 aromatic carbocycles. The Bertz CT molecular complexity index is 988. The van der Waals surface area contributed by atoms with E-state index in [-0.39, 0.29) is 12.5 Å². The number of aromatic amines is 1. The highest BCUT2D eigenvalue weighted by molar-refractivity contribution is 7.73. The van der Waals surface area contributed by atoms with Crippen molar-refractivity contribution in [2.45, 2.75) is 6.54 Å². The molecule has 0 aliphatic rings. The van der Waals surface area contributed by atoms with Crippen LogP contribution in [0.2, 0.25) is 0 Å². The normalized spacial score (nSPS) is 10.4. The monoisotopic (exact) mass is 416 g/mol. The summed E-state index contributed by atoms with van der Waals surface area (Å²) >= 11 is 6.44. The van der Waals surface area contributed by atoms with Gasteiger partial charge >= 0.3 is 0 Å². The van der Waals surface area contributed by atoms with Gasteiger partial charge in [-0.3, -0.25) is 9.89 Å². The number of hydrogen-bond donors (Lipinski definition) is 2. The first-order valence-electron chi connectivity index (χ1n) is 8.46. The molecule has 146 valence electrons. The van der Waals surface area contributed by atoms with Gasteiger partial charge in [0.1, 0.15) is 18.0 Å². The highest BCUT2D eigenvalue weighted by Crippen LogP contribution is 2.37. The van der Waals surface area contributed by atoms with E-state index >= 15 is 0 Å². The molecule has 1 amide bonds. The molecule has 7 nitrogen and oxygen atoms in total. The molecule has 0 spiro atoms. The summed E-state index contributed by atoms with van der Waals surface area (Å²) in [6.45, 7) is 0.492. The fourth-order valence-electron chi connectivity index (χ4n) is 2.60. The first kappa shape index (κ1) is 19.8. The van der Waals surface area contributed by atoms with Crippen LogP contribution in [0.3, 0.4) is 0 Å². The Labute approximate surface area is 171 Å². The van der Waals surface area contributed by atoms with Crippen LogP contribution in [0.5, 0.6) is 11.5 Å². The number of methoxy groups -OCH3 is 2. The Hall–Kier alpha value is -2.91. The first-order valence-corrected chi connectivity index (χ1v) is 9.69. The Morgan fingerprint density at radius 3 is 2.64 bits per heavy atom. The van der Waals surface area contributed by atoms with Gasteiger partial charge in [-0.05, 0) is 29.9 Å². The van der Waals surface area contributed by atoms with Crippen LogP contribution in [-0.4, -0.2) is 36.9 Å². The average molecular weight is 417 g/mol. The van der Waals surface area contributed by atoms with Gasteiger partial charge in [0, 0.05) is 12.6 Å². The summed E-state index contributed by atoms with van der Waals surface area (Å²) in [5.74, 6) is 1.08. The molecular weight excluding hydrogens is 396 g/mol. The number of ether oxygens (including phenoxy) is 2. The van der Waals surface area contributed by atoms with E-state index in [0.717, 1.165) is 5.56 Å². The molecule has 3 aromatic rings. The molecule has 1 heterocycles. The van der Waals surface area contributed by atoms with Gasteiger partial charge in [-0.15, -0.1) is 5.10 Å². The van der Waals surface area contributed by atoms with E-state index in [1.165, 1.54) is 11.3 Å². The van der Waals surface area contributed by atoms with E-state index in [0.29, 0.717) is 32.8 Å². The number of carbonyl (C=O) groups excluding carboxylic acids is 1. The van der Waals surface area contributed by atoms with Crippen molar-refractivity contribution in [2.75, 3.05) is 25.7 Å². The molecular formula is C19H20N4O3S2. The minimum atomic E-state index is -0.158. The minimum absolute atomic E-state index is 0.0481. The van der Waals surface area contributed by atoms with Crippen LogP contribution >= 0.6 is 23.6 Å². The number of hydrogen-bond acceptors (Lipinski definition) is 7. The summed E-state index contributed by atoms with van der Waals surface area (Å²) in [6.07, 6.45) is 0. The highest BCUT2D eigenvalue weighted by atomic mass is 32.1. The maximum atomic E-state index is 12.7. The largest absolute Gasteiger partial charge is 0.497 e. The molecule has 9 heteroatoms. The average Bonchev–Trinajstić information content (AvgIpc) is 3.16. The lowest BCUT2D eigenvalue weighted by Crippen LogP contribution is -2.34. The predicted octanol–water partition coefficient (Wildman–Crippen LogP) is 3.67. The van der Waals surface area contributed by atoms with Crippen LogP contribution < -0.4 is 19.7 Å². The van der Waals surface area contributed by atoms with Gasteiger partial charge in [-0.25, -0.2) is 0 Å². The zero-order valence-electron chi connectivity index (χ0n) is 15.5. The lowest BCUT2D eigenvalue weighted by atomic mass is 10.2. The second kappa shape index (κ2) is 9.34. The summed E-state index contributed by atoms with van der Waals surface area (Å²) in [6, 6.07) is 15.1. The van der Waals surface area contributed by atoms with Crippen molar-refractivity contribution in [2.24, 2.45) is 0 Å². The number of H-pyrrole nitrogens is 1. The minimum Gasteiger partial charge on any atom is -0.497 e. The quantitative estimate of drug-likeness (QED) is 0.546.